The smallest absolute Gasteiger partial charge is 0.413 e. The lowest BCUT2D eigenvalue weighted by Gasteiger charge is -2.26. The second-order valence-corrected chi connectivity index (χ2v) is 4.17. The summed E-state index contributed by atoms with van der Waals surface area (Å²) < 4.78 is 0. The van der Waals surface area contributed by atoms with Gasteiger partial charge in [-0.2, -0.15) is 0 Å². The zero-order valence-corrected chi connectivity index (χ0v) is 10.7. The van der Waals surface area contributed by atoms with E-state index in [1.807, 2.05) is 0 Å². The van der Waals surface area contributed by atoms with Gasteiger partial charge in [0.1, 0.15) is 0 Å². The molecule has 0 saturated heterocycles. The van der Waals surface area contributed by atoms with Gasteiger partial charge in [0.25, 0.3) is 0 Å². The molecule has 3 N–H and O–H groups in total. The summed E-state index contributed by atoms with van der Waals surface area (Å²) in [4.78, 5) is 27.3. The monoisotopic (exact) mass is 288 g/mol. The van der Waals surface area contributed by atoms with Crippen LogP contribution in [0.5, 0.6) is 5.75 Å². The fraction of sp³-hybridized carbons (Fsp3) is 0.0714. The molecule has 1 aromatic carbocycles. The molecule has 1 atom stereocenters. The van der Waals surface area contributed by atoms with E-state index in [0.717, 1.165) is 6.20 Å². The van der Waals surface area contributed by atoms with Crippen molar-refractivity contribution in [1.82, 2.24) is 4.98 Å². The Morgan fingerprint density at radius 3 is 2.29 bits per heavy atom. The molecule has 2 aromatic rings. The van der Waals surface area contributed by atoms with Gasteiger partial charge in [0.05, 0.1) is 11.9 Å². The van der Waals surface area contributed by atoms with Gasteiger partial charge in [0.15, 0.2) is 11.8 Å². The maximum absolute atomic E-state index is 11.5. The van der Waals surface area contributed by atoms with Gasteiger partial charge in [-0.1, -0.05) is 30.3 Å². The number of anilines is 1. The summed E-state index contributed by atoms with van der Waals surface area (Å²) in [5.74, 6) is -1.76. The first-order chi connectivity index (χ1) is 10.0. The SMILES string of the molecule is O=C(O)C(c1ccccc1)N(C(=O)O)c1ccncc1O. The van der Waals surface area contributed by atoms with Crippen molar-refractivity contribution in [3.8, 4) is 5.75 Å². The fourth-order valence-electron chi connectivity index (χ4n) is 1.97. The lowest BCUT2D eigenvalue weighted by Crippen LogP contribution is -2.38. The van der Waals surface area contributed by atoms with Gasteiger partial charge in [0, 0.05) is 6.20 Å². The first kappa shape index (κ1) is 14.3. The van der Waals surface area contributed by atoms with Crippen molar-refractivity contribution in [3.63, 3.8) is 0 Å². The predicted molar refractivity (Wildman–Crippen MR) is 73.2 cm³/mol. The van der Waals surface area contributed by atoms with Crippen LogP contribution in [0.15, 0.2) is 48.8 Å². The van der Waals surface area contributed by atoms with Crippen molar-refractivity contribution in [2.45, 2.75) is 6.04 Å². The molecule has 0 aliphatic heterocycles. The third kappa shape index (κ3) is 2.92. The molecule has 0 spiro atoms. The standard InChI is InChI=1S/C14H12N2O5/c17-11-8-15-7-6-10(11)16(14(20)21)12(13(18)19)9-4-2-1-3-5-9/h1-8,12,17H,(H,18,19)(H,20,21). The number of carboxylic acids is 1. The third-order valence-corrected chi connectivity index (χ3v) is 2.85. The average molecular weight is 288 g/mol. The minimum absolute atomic E-state index is 0.145. The van der Waals surface area contributed by atoms with Gasteiger partial charge in [-0.3, -0.25) is 9.88 Å². The number of pyridine rings is 1. The minimum Gasteiger partial charge on any atom is -0.504 e. The lowest BCUT2D eigenvalue weighted by molar-refractivity contribution is -0.138. The molecule has 0 radical (unpaired) electrons. The number of carbonyl (C=O) groups is 2. The number of aromatic hydroxyl groups is 1. The predicted octanol–water partition coefficient (Wildman–Crippen LogP) is 2.10. The van der Waals surface area contributed by atoms with Crippen LogP contribution >= 0.6 is 0 Å². The highest BCUT2D eigenvalue weighted by Gasteiger charge is 2.33. The van der Waals surface area contributed by atoms with Crippen molar-refractivity contribution < 1.29 is 24.9 Å². The Bertz CT molecular complexity index is 659. The molecule has 0 aliphatic rings. The van der Waals surface area contributed by atoms with Crippen LogP contribution in [0.2, 0.25) is 0 Å². The van der Waals surface area contributed by atoms with Crippen molar-refractivity contribution in [2.75, 3.05) is 4.90 Å². The van der Waals surface area contributed by atoms with E-state index in [9.17, 15) is 24.9 Å². The number of amides is 1. The molecule has 0 fully saturated rings. The van der Waals surface area contributed by atoms with E-state index in [4.69, 9.17) is 0 Å². The van der Waals surface area contributed by atoms with Gasteiger partial charge in [-0.15, -0.1) is 0 Å². The molecule has 108 valence electrons. The van der Waals surface area contributed by atoms with E-state index in [1.54, 1.807) is 18.2 Å². The summed E-state index contributed by atoms with van der Waals surface area (Å²) in [5.41, 5.74) is 0.136. The van der Waals surface area contributed by atoms with Crippen LogP contribution < -0.4 is 4.90 Å². The Hall–Kier alpha value is -3.09. The van der Waals surface area contributed by atoms with Crippen LogP contribution in [0, 0.1) is 0 Å². The number of hydrogen-bond acceptors (Lipinski definition) is 4. The van der Waals surface area contributed by atoms with E-state index in [0.29, 0.717) is 4.90 Å². The summed E-state index contributed by atoms with van der Waals surface area (Å²) >= 11 is 0. The number of nitrogens with zero attached hydrogens (tertiary/aromatic N) is 2. The first-order valence-corrected chi connectivity index (χ1v) is 5.95. The summed E-state index contributed by atoms with van der Waals surface area (Å²) in [7, 11) is 0. The Morgan fingerprint density at radius 2 is 1.76 bits per heavy atom. The molecule has 1 amide bonds. The maximum Gasteiger partial charge on any atom is 0.413 e. The normalized spacial score (nSPS) is 11.6. The van der Waals surface area contributed by atoms with Gasteiger partial charge in [-0.25, -0.2) is 9.59 Å². The zero-order valence-electron chi connectivity index (χ0n) is 10.7. The zero-order chi connectivity index (χ0) is 15.4. The van der Waals surface area contributed by atoms with E-state index < -0.39 is 23.9 Å². The van der Waals surface area contributed by atoms with Crippen molar-refractivity contribution >= 4 is 17.7 Å². The molecule has 1 aromatic heterocycles. The molecular weight excluding hydrogens is 276 g/mol. The fourth-order valence-corrected chi connectivity index (χ4v) is 1.97. The van der Waals surface area contributed by atoms with Gasteiger partial charge in [-0.05, 0) is 11.6 Å². The molecule has 0 aliphatic carbocycles. The molecule has 1 unspecified atom stereocenters. The van der Waals surface area contributed by atoms with Crippen LogP contribution in [-0.4, -0.2) is 32.4 Å². The molecular formula is C14H12N2O5. The van der Waals surface area contributed by atoms with E-state index in [1.165, 1.54) is 24.4 Å². The number of benzene rings is 1. The molecule has 21 heavy (non-hydrogen) atoms. The highest BCUT2D eigenvalue weighted by Crippen LogP contribution is 2.33. The third-order valence-electron chi connectivity index (χ3n) is 2.85. The van der Waals surface area contributed by atoms with Crippen LogP contribution in [0.3, 0.4) is 0 Å². The first-order valence-electron chi connectivity index (χ1n) is 5.95. The Kier molecular flexibility index (Phi) is 4.03. The molecule has 0 saturated carbocycles. The number of rotatable bonds is 4. The number of hydrogen-bond donors (Lipinski definition) is 3. The highest BCUT2D eigenvalue weighted by molar-refractivity contribution is 5.96. The molecule has 7 nitrogen and oxygen atoms in total. The van der Waals surface area contributed by atoms with Crippen molar-refractivity contribution in [2.24, 2.45) is 0 Å². The average Bonchev–Trinajstić information content (AvgIpc) is 2.46. The Balaban J connectivity index is 2.57. The summed E-state index contributed by atoms with van der Waals surface area (Å²) in [5, 5.41) is 28.5. The van der Waals surface area contributed by atoms with Gasteiger partial charge in [0.2, 0.25) is 0 Å². The second kappa shape index (κ2) is 5.91. The lowest BCUT2D eigenvalue weighted by atomic mass is 10.1. The summed E-state index contributed by atoms with van der Waals surface area (Å²) in [6, 6.07) is 7.69. The number of aromatic nitrogens is 1. The van der Waals surface area contributed by atoms with Crippen LogP contribution in [0.25, 0.3) is 0 Å². The van der Waals surface area contributed by atoms with Crippen LogP contribution in [-0.2, 0) is 4.79 Å². The Labute approximate surface area is 119 Å². The van der Waals surface area contributed by atoms with E-state index in [2.05, 4.69) is 4.98 Å². The maximum atomic E-state index is 11.5. The molecule has 7 heteroatoms. The minimum atomic E-state index is -1.49. The van der Waals surface area contributed by atoms with Crippen LogP contribution in [0.4, 0.5) is 10.5 Å². The molecule has 2 rings (SSSR count). The van der Waals surface area contributed by atoms with Crippen molar-refractivity contribution in [1.29, 1.82) is 0 Å². The van der Waals surface area contributed by atoms with Crippen LogP contribution in [0.1, 0.15) is 11.6 Å². The van der Waals surface area contributed by atoms with E-state index in [-0.39, 0.29) is 11.3 Å². The summed E-state index contributed by atoms with van der Waals surface area (Å²) in [6.45, 7) is 0. The Morgan fingerprint density at radius 1 is 1.10 bits per heavy atom. The van der Waals surface area contributed by atoms with E-state index >= 15 is 0 Å². The molecule has 1 heterocycles. The summed E-state index contributed by atoms with van der Waals surface area (Å²) in [6.07, 6.45) is 0.831. The van der Waals surface area contributed by atoms with Gasteiger partial charge < -0.3 is 15.3 Å². The highest BCUT2D eigenvalue weighted by atomic mass is 16.4. The van der Waals surface area contributed by atoms with Gasteiger partial charge >= 0.3 is 12.1 Å². The molecule has 0 bridgehead atoms. The topological polar surface area (TPSA) is 111 Å². The van der Waals surface area contributed by atoms with Crippen molar-refractivity contribution in [3.05, 3.63) is 54.4 Å². The number of aliphatic carboxylic acids is 1. The second-order valence-electron chi connectivity index (χ2n) is 4.17. The quantitative estimate of drug-likeness (QED) is 0.794. The number of carboxylic acid groups (broad SMARTS) is 2. The largest absolute Gasteiger partial charge is 0.504 e.